The van der Waals surface area contributed by atoms with E-state index in [0.717, 1.165) is 5.69 Å². The number of carbonyl (C=O) groups excluding carboxylic acids is 1. The molecule has 0 bridgehead atoms. The molecule has 0 fully saturated rings. The summed E-state index contributed by atoms with van der Waals surface area (Å²) < 4.78 is 26.9. The number of carbonyl (C=O) groups is 1. The van der Waals surface area contributed by atoms with E-state index in [1.54, 1.807) is 6.07 Å². The first-order valence-electron chi connectivity index (χ1n) is 6.54. The van der Waals surface area contributed by atoms with Crippen molar-refractivity contribution in [1.29, 1.82) is 0 Å². The van der Waals surface area contributed by atoms with Crippen LogP contribution in [0.25, 0.3) is 0 Å². The van der Waals surface area contributed by atoms with Crippen LogP contribution in [0.4, 0.5) is 11.4 Å². The number of sulfonamides is 1. The highest BCUT2D eigenvalue weighted by atomic mass is 32.2. The maximum atomic E-state index is 12.8. The molecule has 2 aromatic rings. The number of rotatable bonds is 3. The fourth-order valence-electron chi connectivity index (χ4n) is 2.35. The van der Waals surface area contributed by atoms with Gasteiger partial charge in [-0.1, -0.05) is 24.3 Å². The van der Waals surface area contributed by atoms with Gasteiger partial charge in [-0.05, 0) is 24.3 Å². The largest absolute Gasteiger partial charge is 0.382 e. The molecular weight excluding hydrogens is 288 g/mol. The highest BCUT2D eigenvalue weighted by Gasteiger charge is 2.28. The number of fused-ring (bicyclic) bond motifs is 1. The molecule has 1 aliphatic rings. The van der Waals surface area contributed by atoms with Crippen molar-refractivity contribution in [3.8, 4) is 0 Å². The van der Waals surface area contributed by atoms with Gasteiger partial charge in [0.25, 0.3) is 10.0 Å². The van der Waals surface area contributed by atoms with Gasteiger partial charge in [-0.3, -0.25) is 9.10 Å². The van der Waals surface area contributed by atoms with E-state index in [0.29, 0.717) is 30.6 Å². The van der Waals surface area contributed by atoms with Gasteiger partial charge >= 0.3 is 0 Å². The molecule has 0 saturated heterocycles. The maximum absolute atomic E-state index is 12.8. The Morgan fingerprint density at radius 3 is 2.48 bits per heavy atom. The fraction of sp³-hybridized carbons (Fsp3) is 0.133. The van der Waals surface area contributed by atoms with Gasteiger partial charge in [0, 0.05) is 12.1 Å². The van der Waals surface area contributed by atoms with Crippen molar-refractivity contribution in [2.24, 2.45) is 0 Å². The van der Waals surface area contributed by atoms with Crippen LogP contribution in [0.2, 0.25) is 0 Å². The molecule has 6 heteroatoms. The summed E-state index contributed by atoms with van der Waals surface area (Å²) in [5.41, 5.74) is 1.90. The molecule has 0 aromatic heterocycles. The molecule has 1 heterocycles. The lowest BCUT2D eigenvalue weighted by molar-refractivity contribution is 0.112. The molecule has 2 aromatic carbocycles. The topological polar surface area (TPSA) is 66.5 Å². The fourth-order valence-corrected chi connectivity index (χ4v) is 3.83. The van der Waals surface area contributed by atoms with E-state index in [2.05, 4.69) is 5.32 Å². The molecule has 108 valence electrons. The van der Waals surface area contributed by atoms with Crippen molar-refractivity contribution >= 4 is 27.7 Å². The van der Waals surface area contributed by atoms with Crippen molar-refractivity contribution < 1.29 is 13.2 Å². The Bertz CT molecular complexity index is 770. The van der Waals surface area contributed by atoms with Gasteiger partial charge in [-0.25, -0.2) is 8.42 Å². The minimum atomic E-state index is -3.62. The summed E-state index contributed by atoms with van der Waals surface area (Å²) in [6.07, 6.45) is 0.691. The molecule has 1 N–H and O–H groups in total. The monoisotopic (exact) mass is 302 g/mol. The summed E-state index contributed by atoms with van der Waals surface area (Å²) in [5, 5.41) is 3.18. The quantitative estimate of drug-likeness (QED) is 0.882. The Labute approximate surface area is 123 Å². The lowest BCUT2D eigenvalue weighted by Crippen LogP contribution is -2.38. The van der Waals surface area contributed by atoms with Gasteiger partial charge in [0.15, 0.2) is 0 Å². The maximum Gasteiger partial charge on any atom is 0.264 e. The van der Waals surface area contributed by atoms with Gasteiger partial charge < -0.3 is 5.32 Å². The molecule has 0 radical (unpaired) electrons. The molecular formula is C15H14N2O3S. The molecule has 0 amide bonds. The second-order valence-corrected chi connectivity index (χ2v) is 6.57. The zero-order chi connectivity index (χ0) is 14.9. The van der Waals surface area contributed by atoms with E-state index in [1.807, 2.05) is 18.2 Å². The van der Waals surface area contributed by atoms with E-state index >= 15 is 0 Å². The summed E-state index contributed by atoms with van der Waals surface area (Å²) in [6.45, 7) is 0.928. The van der Waals surface area contributed by atoms with Gasteiger partial charge in [0.1, 0.15) is 6.29 Å². The van der Waals surface area contributed by atoms with Crippen LogP contribution in [0.5, 0.6) is 0 Å². The van der Waals surface area contributed by atoms with Crippen LogP contribution < -0.4 is 9.62 Å². The predicted octanol–water partition coefficient (Wildman–Crippen LogP) is 2.12. The SMILES string of the molecule is O=Cc1ccc(S(=O)(=O)N2CCNc3ccccc32)cc1. The third-order valence-electron chi connectivity index (χ3n) is 3.41. The van der Waals surface area contributed by atoms with Crippen molar-refractivity contribution in [3.05, 3.63) is 54.1 Å². The first kappa shape index (κ1) is 13.6. The van der Waals surface area contributed by atoms with Crippen molar-refractivity contribution in [1.82, 2.24) is 0 Å². The average Bonchev–Trinajstić information content (AvgIpc) is 2.54. The molecule has 0 aliphatic carbocycles. The Morgan fingerprint density at radius 1 is 1.05 bits per heavy atom. The normalized spacial score (nSPS) is 14.2. The molecule has 0 spiro atoms. The number of hydrogen-bond acceptors (Lipinski definition) is 4. The van der Waals surface area contributed by atoms with Gasteiger partial charge in [-0.2, -0.15) is 0 Å². The van der Waals surface area contributed by atoms with Crippen LogP contribution in [-0.4, -0.2) is 27.8 Å². The number of nitrogens with one attached hydrogen (secondary N) is 1. The number of aldehydes is 1. The Morgan fingerprint density at radius 2 is 1.76 bits per heavy atom. The van der Waals surface area contributed by atoms with Gasteiger partial charge in [0.05, 0.1) is 22.8 Å². The number of nitrogens with zero attached hydrogens (tertiary/aromatic N) is 1. The molecule has 0 atom stereocenters. The van der Waals surface area contributed by atoms with Crippen LogP contribution in [0.1, 0.15) is 10.4 Å². The van der Waals surface area contributed by atoms with E-state index in [1.165, 1.54) is 28.6 Å². The van der Waals surface area contributed by atoms with Crippen molar-refractivity contribution in [2.45, 2.75) is 4.90 Å². The third-order valence-corrected chi connectivity index (χ3v) is 5.23. The van der Waals surface area contributed by atoms with E-state index < -0.39 is 10.0 Å². The van der Waals surface area contributed by atoms with Crippen LogP contribution in [0, 0.1) is 0 Å². The zero-order valence-corrected chi connectivity index (χ0v) is 12.0. The number of hydrogen-bond donors (Lipinski definition) is 1. The van der Waals surface area contributed by atoms with E-state index in [9.17, 15) is 13.2 Å². The van der Waals surface area contributed by atoms with Crippen LogP contribution in [0.15, 0.2) is 53.4 Å². The van der Waals surface area contributed by atoms with Crippen molar-refractivity contribution in [3.63, 3.8) is 0 Å². The summed E-state index contributed by atoms with van der Waals surface area (Å²) in [7, 11) is -3.62. The van der Waals surface area contributed by atoms with Gasteiger partial charge in [0.2, 0.25) is 0 Å². The molecule has 5 nitrogen and oxygen atoms in total. The Balaban J connectivity index is 2.04. The summed E-state index contributed by atoms with van der Waals surface area (Å²) in [5.74, 6) is 0. The standard InChI is InChI=1S/C15H14N2O3S/c18-11-12-5-7-13(8-6-12)21(19,20)17-10-9-16-14-3-1-2-4-15(14)17/h1-8,11,16H,9-10H2. The smallest absolute Gasteiger partial charge is 0.264 e. The molecule has 3 rings (SSSR count). The predicted molar refractivity (Wildman–Crippen MR) is 81.3 cm³/mol. The lowest BCUT2D eigenvalue weighted by Gasteiger charge is -2.31. The molecule has 21 heavy (non-hydrogen) atoms. The molecule has 0 unspecified atom stereocenters. The number of para-hydroxylation sites is 2. The van der Waals surface area contributed by atoms with Crippen molar-refractivity contribution in [2.75, 3.05) is 22.7 Å². The Kier molecular flexibility index (Phi) is 3.39. The second-order valence-electron chi connectivity index (χ2n) is 4.71. The first-order valence-corrected chi connectivity index (χ1v) is 7.98. The average molecular weight is 302 g/mol. The zero-order valence-electron chi connectivity index (χ0n) is 11.2. The second kappa shape index (κ2) is 5.21. The third kappa shape index (κ3) is 2.38. The van der Waals surface area contributed by atoms with Gasteiger partial charge in [-0.15, -0.1) is 0 Å². The highest BCUT2D eigenvalue weighted by molar-refractivity contribution is 7.92. The first-order chi connectivity index (χ1) is 10.1. The molecule has 1 aliphatic heterocycles. The minimum absolute atomic E-state index is 0.185. The summed E-state index contributed by atoms with van der Waals surface area (Å²) in [6, 6.07) is 13.2. The lowest BCUT2D eigenvalue weighted by atomic mass is 10.2. The summed E-state index contributed by atoms with van der Waals surface area (Å²) in [4.78, 5) is 10.8. The van der Waals surface area contributed by atoms with Crippen LogP contribution >= 0.6 is 0 Å². The number of benzene rings is 2. The van der Waals surface area contributed by atoms with Crippen LogP contribution in [0.3, 0.4) is 0 Å². The van der Waals surface area contributed by atoms with E-state index in [4.69, 9.17) is 0 Å². The Hall–Kier alpha value is -2.34. The van der Waals surface area contributed by atoms with E-state index in [-0.39, 0.29) is 4.90 Å². The molecule has 0 saturated carbocycles. The highest BCUT2D eigenvalue weighted by Crippen LogP contribution is 2.32. The summed E-state index contributed by atoms with van der Waals surface area (Å²) >= 11 is 0. The number of anilines is 2. The van der Waals surface area contributed by atoms with Crippen LogP contribution in [-0.2, 0) is 10.0 Å². The minimum Gasteiger partial charge on any atom is -0.382 e.